The molecule has 0 atom stereocenters. The summed E-state index contributed by atoms with van der Waals surface area (Å²) in [6, 6.07) is 5.74. The highest BCUT2D eigenvalue weighted by Crippen LogP contribution is 2.16. The smallest absolute Gasteiger partial charge is 0.260 e. The fourth-order valence-electron chi connectivity index (χ4n) is 2.35. The predicted molar refractivity (Wildman–Crippen MR) is 90.1 cm³/mol. The highest BCUT2D eigenvalue weighted by Gasteiger charge is 2.27. The van der Waals surface area contributed by atoms with E-state index in [1.807, 2.05) is 32.0 Å². The van der Waals surface area contributed by atoms with Gasteiger partial charge in [-0.15, -0.1) is 0 Å². The van der Waals surface area contributed by atoms with Crippen LogP contribution in [0.5, 0.6) is 5.75 Å². The van der Waals surface area contributed by atoms with Gasteiger partial charge in [0.15, 0.2) is 11.4 Å². The lowest BCUT2D eigenvalue weighted by molar-refractivity contribution is -0.139. The highest BCUT2D eigenvalue weighted by atomic mass is 35.5. The average Bonchev–Trinajstić information content (AvgIpc) is 2.55. The molecule has 0 bridgehead atoms. The van der Waals surface area contributed by atoms with Gasteiger partial charge in [-0.25, -0.2) is 0 Å². The lowest BCUT2D eigenvalue weighted by Crippen LogP contribution is -2.52. The van der Waals surface area contributed by atoms with Crippen molar-refractivity contribution in [3.05, 3.63) is 29.3 Å². The summed E-state index contributed by atoms with van der Waals surface area (Å²) in [6.07, 6.45) is 0. The molecule has 1 fully saturated rings. The number of alkyl halides is 2. The van der Waals surface area contributed by atoms with E-state index in [9.17, 15) is 9.59 Å². The first-order valence-electron chi connectivity index (χ1n) is 7.43. The summed E-state index contributed by atoms with van der Waals surface area (Å²) in [5.74, 6) is 0.276. The third-order valence-corrected chi connectivity index (χ3v) is 4.34. The van der Waals surface area contributed by atoms with Gasteiger partial charge in [0.1, 0.15) is 5.75 Å². The number of piperazine rings is 1. The first-order valence-corrected chi connectivity index (χ1v) is 8.30. The van der Waals surface area contributed by atoms with Gasteiger partial charge in [0.05, 0.1) is 0 Å². The third-order valence-electron chi connectivity index (χ3n) is 3.97. The number of carbonyl (C=O) groups excluding carboxylic acids is 2. The fraction of sp³-hybridized carbons (Fsp3) is 0.500. The van der Waals surface area contributed by atoms with Gasteiger partial charge in [-0.2, -0.15) is 0 Å². The first kappa shape index (κ1) is 17.9. The number of ether oxygens (including phenoxy) is 1. The number of hydrogen-bond acceptors (Lipinski definition) is 3. The largest absolute Gasteiger partial charge is 0.484 e. The Morgan fingerprint density at radius 1 is 1.09 bits per heavy atom. The maximum absolute atomic E-state index is 12.2. The molecule has 2 amide bonds. The van der Waals surface area contributed by atoms with Gasteiger partial charge in [0.2, 0.25) is 0 Å². The molecule has 0 N–H and O–H groups in total. The van der Waals surface area contributed by atoms with Crippen LogP contribution in [0.1, 0.15) is 11.1 Å². The number of benzene rings is 1. The van der Waals surface area contributed by atoms with Gasteiger partial charge in [-0.1, -0.05) is 29.3 Å². The molecule has 0 aromatic heterocycles. The van der Waals surface area contributed by atoms with Gasteiger partial charge in [0.25, 0.3) is 11.8 Å². The SMILES string of the molecule is Cc1ccc(OCC(=O)N2CCN(C(=O)C(Cl)Cl)CC2)cc1C. The van der Waals surface area contributed by atoms with E-state index in [-0.39, 0.29) is 18.4 Å². The molecule has 126 valence electrons. The molecule has 0 unspecified atom stereocenters. The van der Waals surface area contributed by atoms with E-state index in [4.69, 9.17) is 27.9 Å². The van der Waals surface area contributed by atoms with Gasteiger partial charge >= 0.3 is 0 Å². The summed E-state index contributed by atoms with van der Waals surface area (Å²) in [6.45, 7) is 5.81. The summed E-state index contributed by atoms with van der Waals surface area (Å²) >= 11 is 11.2. The standard InChI is InChI=1S/C16H20Cl2N2O3/c1-11-3-4-13(9-12(11)2)23-10-14(21)19-5-7-20(8-6-19)16(22)15(17)18/h3-4,9,15H,5-8,10H2,1-2H3. The second-order valence-corrected chi connectivity index (χ2v) is 6.64. The van der Waals surface area contributed by atoms with E-state index in [2.05, 4.69) is 0 Å². The molecule has 1 aliphatic rings. The Hall–Kier alpha value is -1.46. The average molecular weight is 359 g/mol. The second kappa shape index (κ2) is 7.88. The fourth-order valence-corrected chi connectivity index (χ4v) is 2.63. The molecule has 0 saturated carbocycles. The van der Waals surface area contributed by atoms with E-state index in [0.29, 0.717) is 31.9 Å². The molecule has 7 heteroatoms. The first-order chi connectivity index (χ1) is 10.9. The van der Waals surface area contributed by atoms with Crippen LogP contribution >= 0.6 is 23.2 Å². The van der Waals surface area contributed by atoms with Crippen LogP contribution in [0, 0.1) is 13.8 Å². The lowest BCUT2D eigenvalue weighted by Gasteiger charge is -2.34. The van der Waals surface area contributed by atoms with E-state index in [1.165, 1.54) is 5.56 Å². The molecule has 1 saturated heterocycles. The number of carbonyl (C=O) groups is 2. The minimum absolute atomic E-state index is 0.00984. The quantitative estimate of drug-likeness (QED) is 0.775. The highest BCUT2D eigenvalue weighted by molar-refractivity contribution is 6.53. The van der Waals surface area contributed by atoms with Crippen LogP contribution in [-0.2, 0) is 9.59 Å². The molecule has 1 aromatic carbocycles. The number of halogens is 2. The van der Waals surface area contributed by atoms with Gasteiger partial charge in [0, 0.05) is 26.2 Å². The van der Waals surface area contributed by atoms with E-state index < -0.39 is 4.84 Å². The lowest BCUT2D eigenvalue weighted by atomic mass is 10.1. The van der Waals surface area contributed by atoms with Crippen molar-refractivity contribution in [3.8, 4) is 5.75 Å². The molecule has 1 aliphatic heterocycles. The van der Waals surface area contributed by atoms with Crippen LogP contribution in [0.3, 0.4) is 0 Å². The molecule has 23 heavy (non-hydrogen) atoms. The third kappa shape index (κ3) is 4.75. The minimum Gasteiger partial charge on any atom is -0.484 e. The molecule has 0 radical (unpaired) electrons. The van der Waals surface area contributed by atoms with Crippen molar-refractivity contribution in [2.24, 2.45) is 0 Å². The van der Waals surface area contributed by atoms with Crippen molar-refractivity contribution in [1.82, 2.24) is 9.80 Å². The Balaban J connectivity index is 1.81. The van der Waals surface area contributed by atoms with Gasteiger partial charge in [-0.05, 0) is 37.1 Å². The molecular weight excluding hydrogens is 339 g/mol. The van der Waals surface area contributed by atoms with Crippen LogP contribution in [0.25, 0.3) is 0 Å². The molecule has 5 nitrogen and oxygen atoms in total. The molecular formula is C16H20Cl2N2O3. The zero-order chi connectivity index (χ0) is 17.0. The van der Waals surface area contributed by atoms with Crippen LogP contribution < -0.4 is 4.74 Å². The van der Waals surface area contributed by atoms with Crippen molar-refractivity contribution < 1.29 is 14.3 Å². The zero-order valence-electron chi connectivity index (χ0n) is 13.2. The maximum Gasteiger partial charge on any atom is 0.260 e. The Morgan fingerprint density at radius 3 is 2.26 bits per heavy atom. The van der Waals surface area contributed by atoms with Crippen molar-refractivity contribution in [2.45, 2.75) is 18.7 Å². The Bertz CT molecular complexity index is 585. The second-order valence-electron chi connectivity index (χ2n) is 5.54. The van der Waals surface area contributed by atoms with Crippen LogP contribution in [-0.4, -0.2) is 59.2 Å². The molecule has 0 aliphatic carbocycles. The molecule has 1 aromatic rings. The van der Waals surface area contributed by atoms with Crippen molar-refractivity contribution in [2.75, 3.05) is 32.8 Å². The number of nitrogens with zero attached hydrogens (tertiary/aromatic N) is 2. The topological polar surface area (TPSA) is 49.9 Å². The van der Waals surface area contributed by atoms with Gasteiger partial charge < -0.3 is 14.5 Å². The Kier molecular flexibility index (Phi) is 6.13. The van der Waals surface area contributed by atoms with Crippen molar-refractivity contribution in [3.63, 3.8) is 0 Å². The summed E-state index contributed by atoms with van der Waals surface area (Å²) in [7, 11) is 0. The Labute approximate surface area is 146 Å². The summed E-state index contributed by atoms with van der Waals surface area (Å²) in [4.78, 5) is 26.1. The van der Waals surface area contributed by atoms with E-state index >= 15 is 0 Å². The van der Waals surface area contributed by atoms with Crippen molar-refractivity contribution >= 4 is 35.0 Å². The van der Waals surface area contributed by atoms with Crippen molar-refractivity contribution in [1.29, 1.82) is 0 Å². The van der Waals surface area contributed by atoms with Gasteiger partial charge in [-0.3, -0.25) is 9.59 Å². The summed E-state index contributed by atoms with van der Waals surface area (Å²) in [5, 5.41) is 0. The summed E-state index contributed by atoms with van der Waals surface area (Å²) in [5.41, 5.74) is 2.31. The molecule has 0 spiro atoms. The van der Waals surface area contributed by atoms with E-state index in [0.717, 1.165) is 5.56 Å². The number of rotatable bonds is 4. The number of hydrogen-bond donors (Lipinski definition) is 0. The van der Waals surface area contributed by atoms with E-state index in [1.54, 1.807) is 9.80 Å². The maximum atomic E-state index is 12.2. The molecule has 1 heterocycles. The number of aryl methyl sites for hydroxylation is 2. The Morgan fingerprint density at radius 2 is 1.70 bits per heavy atom. The summed E-state index contributed by atoms with van der Waals surface area (Å²) < 4.78 is 5.56. The van der Waals surface area contributed by atoms with Crippen LogP contribution in [0.2, 0.25) is 0 Å². The number of amides is 2. The predicted octanol–water partition coefficient (Wildman–Crippen LogP) is 2.16. The minimum atomic E-state index is -1.05. The van der Waals surface area contributed by atoms with Crippen LogP contribution in [0.15, 0.2) is 18.2 Å². The monoisotopic (exact) mass is 358 g/mol. The zero-order valence-corrected chi connectivity index (χ0v) is 14.7. The van der Waals surface area contributed by atoms with Crippen LogP contribution in [0.4, 0.5) is 0 Å². The molecule has 2 rings (SSSR count). The normalized spacial score (nSPS) is 15.0.